The zero-order valence-corrected chi connectivity index (χ0v) is 11.5. The highest BCUT2D eigenvalue weighted by atomic mass is 79.9. The zero-order chi connectivity index (χ0) is 13.1. The van der Waals surface area contributed by atoms with Crippen molar-refractivity contribution in [3.05, 3.63) is 18.0 Å². The monoisotopic (exact) mass is 312 g/mol. The second-order valence-corrected chi connectivity index (χ2v) is 4.80. The lowest BCUT2D eigenvalue weighted by molar-refractivity contribution is -0.141. The van der Waals surface area contributed by atoms with Crippen LogP contribution in [0.3, 0.4) is 0 Å². The van der Waals surface area contributed by atoms with Crippen LogP contribution in [-0.4, -0.2) is 15.1 Å². The van der Waals surface area contributed by atoms with Crippen LogP contribution >= 0.6 is 15.9 Å². The molecule has 0 saturated carbocycles. The van der Waals surface area contributed by atoms with Gasteiger partial charge in [0, 0.05) is 18.1 Å². The SMILES string of the molecule is CCC(CC)(CBr)Cn1ccc(C(F)(F)F)n1. The summed E-state index contributed by atoms with van der Waals surface area (Å²) in [5.41, 5.74) is -0.859. The molecule has 0 aliphatic rings. The van der Waals surface area contributed by atoms with Gasteiger partial charge in [-0.25, -0.2) is 0 Å². The summed E-state index contributed by atoms with van der Waals surface area (Å²) in [4.78, 5) is 0. The maximum Gasteiger partial charge on any atom is 0.435 e. The van der Waals surface area contributed by atoms with Gasteiger partial charge in [0.2, 0.25) is 0 Å². The van der Waals surface area contributed by atoms with Crippen LogP contribution in [0, 0.1) is 5.41 Å². The Morgan fingerprint density at radius 2 is 1.88 bits per heavy atom. The first kappa shape index (κ1) is 14.5. The van der Waals surface area contributed by atoms with Crippen LogP contribution in [0.1, 0.15) is 32.4 Å². The first-order valence-corrected chi connectivity index (χ1v) is 6.65. The Kier molecular flexibility index (Phi) is 4.63. The minimum absolute atomic E-state index is 0.0328. The summed E-state index contributed by atoms with van der Waals surface area (Å²) >= 11 is 3.43. The van der Waals surface area contributed by atoms with Gasteiger partial charge in [0.25, 0.3) is 0 Å². The quantitative estimate of drug-likeness (QED) is 0.748. The van der Waals surface area contributed by atoms with Crippen LogP contribution in [0.2, 0.25) is 0 Å². The van der Waals surface area contributed by atoms with Gasteiger partial charge in [-0.05, 0) is 24.3 Å². The van der Waals surface area contributed by atoms with Gasteiger partial charge < -0.3 is 0 Å². The molecule has 0 aromatic carbocycles. The van der Waals surface area contributed by atoms with E-state index in [2.05, 4.69) is 21.0 Å². The van der Waals surface area contributed by atoms with Crippen LogP contribution < -0.4 is 0 Å². The average Bonchev–Trinajstić information content (AvgIpc) is 2.74. The summed E-state index contributed by atoms with van der Waals surface area (Å²) in [6.45, 7) is 4.58. The van der Waals surface area contributed by atoms with E-state index in [9.17, 15) is 13.2 Å². The fourth-order valence-electron chi connectivity index (χ4n) is 1.65. The Hall–Kier alpha value is -0.520. The van der Waals surface area contributed by atoms with Crippen molar-refractivity contribution < 1.29 is 13.2 Å². The van der Waals surface area contributed by atoms with Gasteiger partial charge in [-0.1, -0.05) is 29.8 Å². The van der Waals surface area contributed by atoms with Crippen molar-refractivity contribution in [3.63, 3.8) is 0 Å². The van der Waals surface area contributed by atoms with Crippen molar-refractivity contribution in [1.29, 1.82) is 0 Å². The molecule has 1 heterocycles. The normalized spacial score (nSPS) is 13.1. The highest BCUT2D eigenvalue weighted by molar-refractivity contribution is 9.09. The van der Waals surface area contributed by atoms with E-state index in [1.165, 1.54) is 10.9 Å². The fraction of sp³-hybridized carbons (Fsp3) is 0.727. The Balaban J connectivity index is 2.85. The predicted molar refractivity (Wildman–Crippen MR) is 64.0 cm³/mol. The second kappa shape index (κ2) is 5.42. The number of rotatable bonds is 5. The van der Waals surface area contributed by atoms with Crippen molar-refractivity contribution in [2.45, 2.75) is 39.4 Å². The van der Waals surface area contributed by atoms with E-state index in [1.807, 2.05) is 13.8 Å². The molecule has 0 saturated heterocycles. The number of hydrogen-bond acceptors (Lipinski definition) is 1. The molecule has 0 N–H and O–H groups in total. The van der Waals surface area contributed by atoms with Gasteiger partial charge in [-0.15, -0.1) is 0 Å². The highest BCUT2D eigenvalue weighted by Gasteiger charge is 2.34. The molecule has 0 aliphatic carbocycles. The molecule has 1 aromatic rings. The molecule has 1 aromatic heterocycles. The molecule has 0 aliphatic heterocycles. The van der Waals surface area contributed by atoms with Crippen LogP contribution in [0.15, 0.2) is 12.3 Å². The van der Waals surface area contributed by atoms with Gasteiger partial charge in [0.1, 0.15) is 0 Å². The molecule has 0 amide bonds. The van der Waals surface area contributed by atoms with E-state index in [1.54, 1.807) is 0 Å². The predicted octanol–water partition coefficient (Wildman–Crippen LogP) is 4.10. The Morgan fingerprint density at radius 1 is 1.29 bits per heavy atom. The molecular formula is C11H16BrF3N2. The zero-order valence-electron chi connectivity index (χ0n) is 9.89. The summed E-state index contributed by atoms with van der Waals surface area (Å²) in [5, 5.41) is 4.34. The topological polar surface area (TPSA) is 17.8 Å². The minimum atomic E-state index is -4.36. The second-order valence-electron chi connectivity index (χ2n) is 4.24. The lowest BCUT2D eigenvalue weighted by Gasteiger charge is -2.29. The molecule has 0 atom stereocenters. The summed E-state index contributed by atoms with van der Waals surface area (Å²) in [7, 11) is 0. The molecule has 0 radical (unpaired) electrons. The number of aromatic nitrogens is 2. The first-order valence-electron chi connectivity index (χ1n) is 5.53. The third-order valence-corrected chi connectivity index (χ3v) is 4.40. The van der Waals surface area contributed by atoms with Gasteiger partial charge in [-0.3, -0.25) is 4.68 Å². The van der Waals surface area contributed by atoms with Gasteiger partial charge in [0.05, 0.1) is 0 Å². The molecule has 6 heteroatoms. The molecule has 17 heavy (non-hydrogen) atoms. The van der Waals surface area contributed by atoms with Crippen LogP contribution in [0.4, 0.5) is 13.2 Å². The maximum atomic E-state index is 12.4. The molecule has 0 spiro atoms. The molecule has 98 valence electrons. The fourth-order valence-corrected chi connectivity index (χ4v) is 2.62. The van der Waals surface area contributed by atoms with Crippen molar-refractivity contribution in [3.8, 4) is 0 Å². The average molecular weight is 313 g/mol. The summed E-state index contributed by atoms with van der Waals surface area (Å²) in [6.07, 6.45) is -1.17. The van der Waals surface area contributed by atoms with E-state index >= 15 is 0 Å². The van der Waals surface area contributed by atoms with Crippen molar-refractivity contribution in [1.82, 2.24) is 9.78 Å². The van der Waals surface area contributed by atoms with Crippen molar-refractivity contribution >= 4 is 15.9 Å². The smallest absolute Gasteiger partial charge is 0.272 e. The van der Waals surface area contributed by atoms with Crippen molar-refractivity contribution in [2.24, 2.45) is 5.41 Å². The van der Waals surface area contributed by atoms with Crippen molar-refractivity contribution in [2.75, 3.05) is 5.33 Å². The highest BCUT2D eigenvalue weighted by Crippen LogP contribution is 2.32. The van der Waals surface area contributed by atoms with Crippen LogP contribution in [-0.2, 0) is 12.7 Å². The van der Waals surface area contributed by atoms with E-state index in [-0.39, 0.29) is 5.41 Å². The van der Waals surface area contributed by atoms with E-state index in [0.29, 0.717) is 6.54 Å². The summed E-state index contributed by atoms with van der Waals surface area (Å²) in [6, 6.07) is 1.02. The van der Waals surface area contributed by atoms with Crippen LogP contribution in [0.25, 0.3) is 0 Å². The first-order chi connectivity index (χ1) is 7.87. The van der Waals surface area contributed by atoms with Crippen LogP contribution in [0.5, 0.6) is 0 Å². The Labute approximate surface area is 107 Å². The number of alkyl halides is 4. The summed E-state index contributed by atoms with van der Waals surface area (Å²) in [5.74, 6) is 0. The standard InChI is InChI=1S/C11H16BrF3N2/c1-3-10(4-2,7-12)8-17-6-5-9(16-17)11(13,14)15/h5-6H,3-4,7-8H2,1-2H3. The maximum absolute atomic E-state index is 12.4. The number of nitrogens with zero attached hydrogens (tertiary/aromatic N) is 2. The minimum Gasteiger partial charge on any atom is -0.272 e. The Morgan fingerprint density at radius 3 is 2.24 bits per heavy atom. The third kappa shape index (κ3) is 3.47. The van der Waals surface area contributed by atoms with E-state index in [0.717, 1.165) is 24.2 Å². The molecule has 0 unspecified atom stereocenters. The molecule has 2 nitrogen and oxygen atoms in total. The van der Waals surface area contributed by atoms with E-state index in [4.69, 9.17) is 0 Å². The van der Waals surface area contributed by atoms with E-state index < -0.39 is 11.9 Å². The summed E-state index contributed by atoms with van der Waals surface area (Å²) < 4.78 is 38.6. The van der Waals surface area contributed by atoms with Gasteiger partial charge in [-0.2, -0.15) is 18.3 Å². The Bertz CT molecular complexity index is 348. The molecule has 0 bridgehead atoms. The largest absolute Gasteiger partial charge is 0.435 e. The third-order valence-electron chi connectivity index (χ3n) is 3.21. The molecule has 1 rings (SSSR count). The van der Waals surface area contributed by atoms with Gasteiger partial charge in [0.15, 0.2) is 5.69 Å². The van der Waals surface area contributed by atoms with Gasteiger partial charge >= 0.3 is 6.18 Å². The lowest BCUT2D eigenvalue weighted by Crippen LogP contribution is -2.27. The molecular weight excluding hydrogens is 297 g/mol. The molecule has 0 fully saturated rings. The lowest BCUT2D eigenvalue weighted by atomic mass is 9.85. The number of hydrogen-bond donors (Lipinski definition) is 0. The number of halogens is 4.